The van der Waals surface area contributed by atoms with Crippen LogP contribution in [0.5, 0.6) is 0 Å². The average Bonchev–Trinajstić information content (AvgIpc) is 2.83. The van der Waals surface area contributed by atoms with E-state index in [9.17, 15) is 4.79 Å². The average molecular weight is 269 g/mol. The molecule has 102 valence electrons. The number of rotatable bonds is 3. The molecular weight excluding hydrogens is 254 g/mol. The molecule has 0 aliphatic carbocycles. The molecule has 3 aromatic rings. The Morgan fingerprint density at radius 2 is 2.00 bits per heavy atom. The Morgan fingerprint density at radius 1 is 1.25 bits per heavy atom. The van der Waals surface area contributed by atoms with Crippen LogP contribution in [0, 0.1) is 0 Å². The highest BCUT2D eigenvalue weighted by Gasteiger charge is 2.13. The van der Waals surface area contributed by atoms with Gasteiger partial charge in [-0.25, -0.2) is 19.3 Å². The van der Waals surface area contributed by atoms with E-state index < -0.39 is 0 Å². The topological polar surface area (TPSA) is 75.1 Å². The molecule has 20 heavy (non-hydrogen) atoms. The van der Waals surface area contributed by atoms with Gasteiger partial charge in [0.15, 0.2) is 5.82 Å². The van der Waals surface area contributed by atoms with Crippen molar-refractivity contribution in [2.45, 2.75) is 19.9 Å². The zero-order valence-electron chi connectivity index (χ0n) is 11.3. The summed E-state index contributed by atoms with van der Waals surface area (Å²) in [5, 5.41) is 9.72. The summed E-state index contributed by atoms with van der Waals surface area (Å²) in [4.78, 5) is 16.4. The minimum Gasteiger partial charge on any atom is -0.365 e. The first-order valence-corrected chi connectivity index (χ1v) is 6.45. The van der Waals surface area contributed by atoms with Crippen LogP contribution in [0.3, 0.4) is 0 Å². The largest absolute Gasteiger partial charge is 0.365 e. The van der Waals surface area contributed by atoms with Gasteiger partial charge < -0.3 is 5.32 Å². The van der Waals surface area contributed by atoms with Gasteiger partial charge in [-0.15, -0.1) is 5.10 Å². The van der Waals surface area contributed by atoms with Crippen LogP contribution in [-0.2, 0) is 0 Å². The Kier molecular flexibility index (Phi) is 2.98. The molecule has 6 heteroatoms. The lowest BCUT2D eigenvalue weighted by Gasteiger charge is -2.11. The number of anilines is 1. The normalized spacial score (nSPS) is 11.2. The standard InChI is InChI=1S/C14H15N5O/c1-9(2)16-12-13-17-18-14(20)19(13)11(8-15-12)10-6-4-3-5-7-10/h3-9H,1-2H3,(H,15,16)(H,18,20). The number of aromatic nitrogens is 4. The third-order valence-corrected chi connectivity index (χ3v) is 2.94. The Hall–Kier alpha value is -2.63. The molecule has 0 spiro atoms. The van der Waals surface area contributed by atoms with E-state index in [-0.39, 0.29) is 11.7 Å². The molecule has 0 bridgehead atoms. The van der Waals surface area contributed by atoms with E-state index in [1.807, 2.05) is 44.2 Å². The SMILES string of the molecule is CC(C)Nc1ncc(-c2ccccc2)n2c(=O)[nH]nc12. The van der Waals surface area contributed by atoms with Crippen molar-refractivity contribution in [3.63, 3.8) is 0 Å². The van der Waals surface area contributed by atoms with Gasteiger partial charge in [0.2, 0.25) is 5.65 Å². The summed E-state index contributed by atoms with van der Waals surface area (Å²) in [6.07, 6.45) is 1.68. The summed E-state index contributed by atoms with van der Waals surface area (Å²) in [6, 6.07) is 9.86. The molecule has 0 fully saturated rings. The number of hydrogen-bond donors (Lipinski definition) is 2. The smallest absolute Gasteiger partial charge is 0.348 e. The quantitative estimate of drug-likeness (QED) is 0.761. The van der Waals surface area contributed by atoms with Crippen LogP contribution in [0.2, 0.25) is 0 Å². The lowest BCUT2D eigenvalue weighted by molar-refractivity contribution is 0.886. The van der Waals surface area contributed by atoms with Crippen molar-refractivity contribution < 1.29 is 0 Å². The summed E-state index contributed by atoms with van der Waals surface area (Å²) in [7, 11) is 0. The van der Waals surface area contributed by atoms with Crippen molar-refractivity contribution in [3.05, 3.63) is 47.0 Å². The monoisotopic (exact) mass is 269 g/mol. The fraction of sp³-hybridized carbons (Fsp3) is 0.214. The Morgan fingerprint density at radius 3 is 2.70 bits per heavy atom. The van der Waals surface area contributed by atoms with E-state index in [1.54, 1.807) is 6.20 Å². The van der Waals surface area contributed by atoms with Crippen molar-refractivity contribution in [1.29, 1.82) is 0 Å². The third-order valence-electron chi connectivity index (χ3n) is 2.94. The van der Waals surface area contributed by atoms with Gasteiger partial charge in [-0.1, -0.05) is 30.3 Å². The zero-order chi connectivity index (χ0) is 14.1. The van der Waals surface area contributed by atoms with Crippen LogP contribution >= 0.6 is 0 Å². The molecule has 0 aliphatic heterocycles. The summed E-state index contributed by atoms with van der Waals surface area (Å²) in [5.74, 6) is 0.595. The Balaban J connectivity index is 2.26. The number of fused-ring (bicyclic) bond motifs is 1. The van der Waals surface area contributed by atoms with Gasteiger partial charge in [0.1, 0.15) is 0 Å². The minimum atomic E-state index is -0.270. The van der Waals surface area contributed by atoms with Gasteiger partial charge in [-0.3, -0.25) is 0 Å². The second-order valence-electron chi connectivity index (χ2n) is 4.84. The molecule has 2 aromatic heterocycles. The minimum absolute atomic E-state index is 0.209. The van der Waals surface area contributed by atoms with Crippen LogP contribution in [0.4, 0.5) is 5.82 Å². The second-order valence-corrected chi connectivity index (χ2v) is 4.84. The van der Waals surface area contributed by atoms with E-state index >= 15 is 0 Å². The molecule has 0 saturated carbocycles. The van der Waals surface area contributed by atoms with Crippen LogP contribution in [0.1, 0.15) is 13.8 Å². The van der Waals surface area contributed by atoms with E-state index in [0.717, 1.165) is 5.56 Å². The first-order valence-electron chi connectivity index (χ1n) is 6.45. The number of nitrogens with one attached hydrogen (secondary N) is 2. The summed E-state index contributed by atoms with van der Waals surface area (Å²) in [6.45, 7) is 4.02. The molecule has 3 rings (SSSR count). The maximum atomic E-state index is 12.0. The van der Waals surface area contributed by atoms with Crippen molar-refractivity contribution in [2.24, 2.45) is 0 Å². The van der Waals surface area contributed by atoms with Gasteiger partial charge >= 0.3 is 5.69 Å². The molecule has 0 amide bonds. The third kappa shape index (κ3) is 2.05. The lowest BCUT2D eigenvalue weighted by Crippen LogP contribution is -2.16. The summed E-state index contributed by atoms with van der Waals surface area (Å²) >= 11 is 0. The van der Waals surface area contributed by atoms with E-state index in [1.165, 1.54) is 4.40 Å². The van der Waals surface area contributed by atoms with Crippen LogP contribution < -0.4 is 11.0 Å². The first kappa shape index (κ1) is 12.4. The van der Waals surface area contributed by atoms with Gasteiger partial charge in [0.25, 0.3) is 0 Å². The highest BCUT2D eigenvalue weighted by molar-refractivity contribution is 5.69. The van der Waals surface area contributed by atoms with Crippen molar-refractivity contribution in [1.82, 2.24) is 19.6 Å². The number of nitrogens with zero attached hydrogens (tertiary/aromatic N) is 3. The van der Waals surface area contributed by atoms with Gasteiger partial charge in [-0.05, 0) is 13.8 Å². The molecule has 0 aliphatic rings. The van der Waals surface area contributed by atoms with Crippen molar-refractivity contribution in [2.75, 3.05) is 5.32 Å². The maximum Gasteiger partial charge on any atom is 0.348 e. The van der Waals surface area contributed by atoms with Gasteiger partial charge in [-0.2, -0.15) is 0 Å². The highest BCUT2D eigenvalue weighted by atomic mass is 16.1. The number of H-pyrrole nitrogens is 1. The predicted octanol–water partition coefficient (Wildman–Crippen LogP) is 1.90. The molecule has 0 saturated heterocycles. The van der Waals surface area contributed by atoms with Gasteiger partial charge in [0.05, 0.1) is 11.9 Å². The molecule has 1 aromatic carbocycles. The fourth-order valence-electron chi connectivity index (χ4n) is 2.11. The van der Waals surface area contributed by atoms with Crippen molar-refractivity contribution >= 4 is 11.5 Å². The van der Waals surface area contributed by atoms with Crippen LogP contribution in [0.15, 0.2) is 41.3 Å². The maximum absolute atomic E-state index is 12.0. The van der Waals surface area contributed by atoms with Gasteiger partial charge in [0, 0.05) is 11.6 Å². The fourth-order valence-corrected chi connectivity index (χ4v) is 2.11. The van der Waals surface area contributed by atoms with Crippen LogP contribution in [-0.4, -0.2) is 25.6 Å². The lowest BCUT2D eigenvalue weighted by atomic mass is 10.1. The second kappa shape index (κ2) is 4.80. The van der Waals surface area contributed by atoms with E-state index in [0.29, 0.717) is 17.2 Å². The molecular formula is C14H15N5O. The predicted molar refractivity (Wildman–Crippen MR) is 77.8 cm³/mol. The molecule has 2 N–H and O–H groups in total. The zero-order valence-corrected chi connectivity index (χ0v) is 11.3. The number of benzene rings is 1. The first-order chi connectivity index (χ1) is 9.66. The van der Waals surface area contributed by atoms with E-state index in [2.05, 4.69) is 20.5 Å². The van der Waals surface area contributed by atoms with E-state index in [4.69, 9.17) is 0 Å². The summed E-state index contributed by atoms with van der Waals surface area (Å²) in [5.41, 5.74) is 1.87. The number of aromatic amines is 1. The van der Waals surface area contributed by atoms with Crippen LogP contribution in [0.25, 0.3) is 16.9 Å². The Bertz CT molecular complexity index is 788. The Labute approximate surface area is 115 Å². The molecule has 2 heterocycles. The molecule has 0 unspecified atom stereocenters. The van der Waals surface area contributed by atoms with Crippen molar-refractivity contribution in [3.8, 4) is 11.3 Å². The molecule has 0 radical (unpaired) electrons. The molecule has 6 nitrogen and oxygen atoms in total. The summed E-state index contributed by atoms with van der Waals surface area (Å²) < 4.78 is 1.53. The number of hydrogen-bond acceptors (Lipinski definition) is 4. The molecule has 0 atom stereocenters. The highest BCUT2D eigenvalue weighted by Crippen LogP contribution is 2.21.